The number of quaternary nitrogens is 2. The molecule has 2 aliphatic rings. The summed E-state index contributed by atoms with van der Waals surface area (Å²) in [5, 5.41) is 2.93. The van der Waals surface area contributed by atoms with Crippen LogP contribution in [0, 0.1) is 0 Å². The van der Waals surface area contributed by atoms with Gasteiger partial charge >= 0.3 is 0 Å². The van der Waals surface area contributed by atoms with Crippen LogP contribution in [0.15, 0.2) is 60.7 Å². The minimum Gasteiger partial charge on any atom is -0.322 e. The van der Waals surface area contributed by atoms with E-state index in [1.54, 1.807) is 9.80 Å². The van der Waals surface area contributed by atoms with E-state index in [4.69, 9.17) is 0 Å². The van der Waals surface area contributed by atoms with Crippen molar-refractivity contribution in [3.8, 4) is 0 Å². The van der Waals surface area contributed by atoms with E-state index in [0.717, 1.165) is 38.4 Å². The van der Waals surface area contributed by atoms with Crippen molar-refractivity contribution in [1.29, 1.82) is 0 Å². The molecule has 0 aliphatic carbocycles. The maximum Gasteiger partial charge on any atom is 0.283 e. The monoisotopic (exact) mass is 420 g/mol. The highest BCUT2D eigenvalue weighted by Gasteiger charge is 2.44. The summed E-state index contributed by atoms with van der Waals surface area (Å²) in [6.45, 7) is 9.05. The third-order valence-corrected chi connectivity index (χ3v) is 6.34. The lowest BCUT2D eigenvalue weighted by Crippen LogP contribution is -3.28. The number of nitrogens with one attached hydrogen (secondary N) is 3. The summed E-state index contributed by atoms with van der Waals surface area (Å²) in [5.41, 5.74) is 1.81. The van der Waals surface area contributed by atoms with E-state index in [9.17, 15) is 9.59 Å². The molecule has 0 radical (unpaired) electrons. The lowest BCUT2D eigenvalue weighted by Gasteiger charge is -2.42. The van der Waals surface area contributed by atoms with Crippen LogP contribution in [-0.4, -0.2) is 56.6 Å². The fraction of sp³-hybridized carbons (Fsp3) is 0.360. The summed E-state index contributed by atoms with van der Waals surface area (Å²) in [6.07, 6.45) is 4.42. The normalized spacial score (nSPS) is 22.8. The first-order chi connectivity index (χ1) is 14.9. The molecule has 1 fully saturated rings. The van der Waals surface area contributed by atoms with Crippen molar-refractivity contribution < 1.29 is 19.4 Å². The average Bonchev–Trinajstić information content (AvgIpc) is 2.76. The summed E-state index contributed by atoms with van der Waals surface area (Å²) in [4.78, 5) is 30.4. The van der Waals surface area contributed by atoms with E-state index in [2.05, 4.69) is 41.7 Å². The predicted molar refractivity (Wildman–Crippen MR) is 123 cm³/mol. The van der Waals surface area contributed by atoms with E-state index in [-0.39, 0.29) is 11.8 Å². The molecule has 162 valence electrons. The molecule has 6 heteroatoms. The van der Waals surface area contributed by atoms with Crippen molar-refractivity contribution >= 4 is 29.3 Å². The molecule has 31 heavy (non-hydrogen) atoms. The molecule has 0 saturated carbocycles. The van der Waals surface area contributed by atoms with Gasteiger partial charge < -0.3 is 15.1 Å². The van der Waals surface area contributed by atoms with Gasteiger partial charge in [0.1, 0.15) is 31.7 Å². The van der Waals surface area contributed by atoms with E-state index in [1.807, 2.05) is 44.2 Å². The molecule has 2 aromatic rings. The quantitative estimate of drug-likeness (QED) is 0.650. The lowest BCUT2D eigenvalue weighted by atomic mass is 9.96. The number of anilines is 2. The summed E-state index contributed by atoms with van der Waals surface area (Å²) < 4.78 is 0. The molecule has 2 heterocycles. The van der Waals surface area contributed by atoms with Gasteiger partial charge in [-0.15, -0.1) is 0 Å². The van der Waals surface area contributed by atoms with Crippen molar-refractivity contribution in [3.63, 3.8) is 0 Å². The van der Waals surface area contributed by atoms with Gasteiger partial charge in [0.2, 0.25) is 5.91 Å². The number of nitrogens with zero attached hydrogens (tertiary/aromatic N) is 1. The van der Waals surface area contributed by atoms with Crippen molar-refractivity contribution in [2.24, 2.45) is 0 Å². The molecule has 0 atom stereocenters. The fourth-order valence-electron chi connectivity index (χ4n) is 4.46. The Morgan fingerprint density at radius 1 is 1.00 bits per heavy atom. The van der Waals surface area contributed by atoms with Crippen LogP contribution >= 0.6 is 0 Å². The first-order valence-corrected chi connectivity index (χ1v) is 11.1. The Labute approximate surface area is 184 Å². The van der Waals surface area contributed by atoms with Crippen molar-refractivity contribution in [2.45, 2.75) is 19.4 Å². The van der Waals surface area contributed by atoms with Gasteiger partial charge in [-0.05, 0) is 37.6 Å². The second kappa shape index (κ2) is 9.04. The molecular weight excluding hydrogens is 388 g/mol. The number of para-hydroxylation sites is 2. The molecule has 3 N–H and O–H groups in total. The smallest absolute Gasteiger partial charge is 0.283 e. The van der Waals surface area contributed by atoms with Crippen LogP contribution < -0.4 is 20.0 Å². The van der Waals surface area contributed by atoms with Gasteiger partial charge in [-0.3, -0.25) is 14.5 Å². The first kappa shape index (κ1) is 21.3. The topological polar surface area (TPSA) is 58.3 Å². The average molecular weight is 421 g/mol. The third-order valence-electron chi connectivity index (χ3n) is 6.34. The minimum absolute atomic E-state index is 0.00900. The fourth-order valence-corrected chi connectivity index (χ4v) is 4.46. The van der Waals surface area contributed by atoms with Crippen molar-refractivity contribution in [1.82, 2.24) is 0 Å². The van der Waals surface area contributed by atoms with Crippen LogP contribution in [0.5, 0.6) is 0 Å². The molecule has 2 amide bonds. The number of amides is 2. The zero-order chi connectivity index (χ0) is 21.8. The molecule has 2 aliphatic heterocycles. The number of benzene rings is 2. The number of hydrogen-bond acceptors (Lipinski definition) is 2. The van der Waals surface area contributed by atoms with Crippen LogP contribution in [0.25, 0.3) is 6.08 Å². The van der Waals surface area contributed by atoms with Gasteiger partial charge in [0.05, 0.1) is 17.9 Å². The summed E-state index contributed by atoms with van der Waals surface area (Å²) in [5.74, 6) is -0.135. The minimum atomic E-state index is -0.903. The molecule has 2 aromatic carbocycles. The zero-order valence-corrected chi connectivity index (χ0v) is 18.4. The Morgan fingerprint density at radius 3 is 2.39 bits per heavy atom. The molecule has 0 spiro atoms. The van der Waals surface area contributed by atoms with E-state index in [1.165, 1.54) is 10.5 Å². The Balaban J connectivity index is 1.34. The number of carbonyl (C=O) groups excluding carboxylic acids is 2. The highest BCUT2D eigenvalue weighted by Crippen LogP contribution is 2.36. The first-order valence-electron chi connectivity index (χ1n) is 11.1. The maximum atomic E-state index is 13.3. The number of rotatable bonds is 5. The van der Waals surface area contributed by atoms with Crippen LogP contribution in [0.1, 0.15) is 19.4 Å². The van der Waals surface area contributed by atoms with Crippen molar-refractivity contribution in [3.05, 3.63) is 66.2 Å². The van der Waals surface area contributed by atoms with E-state index >= 15 is 0 Å². The number of fused-ring (bicyclic) bond motifs is 1. The van der Waals surface area contributed by atoms with Gasteiger partial charge in [-0.2, -0.15) is 0 Å². The molecule has 0 aromatic heterocycles. The number of carbonyl (C=O) groups is 2. The van der Waals surface area contributed by atoms with Crippen LogP contribution in [0.3, 0.4) is 0 Å². The van der Waals surface area contributed by atoms with Gasteiger partial charge in [0.15, 0.2) is 6.54 Å². The van der Waals surface area contributed by atoms with Gasteiger partial charge in [-0.1, -0.05) is 48.5 Å². The standard InChI is InChI=1S/C25H30N4O2/c1-25(2)24(31)26-21-12-6-7-13-22(21)29(25)23(30)19-28-17-15-27(16-18-28)14-8-11-20-9-4-3-5-10-20/h3-13H,14-19H2,1-2H3,(H,26,31)/p+2/b11-8+. The Bertz CT molecular complexity index is 962. The van der Waals surface area contributed by atoms with E-state index in [0.29, 0.717) is 12.2 Å². The lowest BCUT2D eigenvalue weighted by molar-refractivity contribution is -1.01. The number of piperazine rings is 1. The maximum absolute atomic E-state index is 13.3. The zero-order valence-electron chi connectivity index (χ0n) is 18.4. The molecule has 6 nitrogen and oxygen atoms in total. The Kier molecular flexibility index (Phi) is 6.20. The second-order valence-electron chi connectivity index (χ2n) is 8.95. The second-order valence-corrected chi connectivity index (χ2v) is 8.95. The molecule has 4 rings (SSSR count). The van der Waals surface area contributed by atoms with Gasteiger partial charge in [-0.25, -0.2) is 0 Å². The SMILES string of the molecule is CC1(C)C(=O)Nc2ccccc2N1C(=O)C[NH+]1CC[NH+](C/C=C/c2ccccc2)CC1. The van der Waals surface area contributed by atoms with Crippen LogP contribution in [-0.2, 0) is 9.59 Å². The molecule has 1 saturated heterocycles. The van der Waals surface area contributed by atoms with Crippen LogP contribution in [0.2, 0.25) is 0 Å². The molecule has 0 unspecified atom stereocenters. The van der Waals surface area contributed by atoms with Crippen LogP contribution in [0.4, 0.5) is 11.4 Å². The van der Waals surface area contributed by atoms with Crippen molar-refractivity contribution in [2.75, 3.05) is 49.5 Å². The number of hydrogen-bond donors (Lipinski definition) is 3. The Morgan fingerprint density at radius 2 is 1.65 bits per heavy atom. The highest BCUT2D eigenvalue weighted by atomic mass is 16.2. The summed E-state index contributed by atoms with van der Waals surface area (Å²) in [7, 11) is 0. The predicted octanol–water partition coefficient (Wildman–Crippen LogP) is 0.247. The largest absolute Gasteiger partial charge is 0.322 e. The highest BCUT2D eigenvalue weighted by molar-refractivity contribution is 6.14. The molecular formula is C25H32N4O2+2. The Hall–Kier alpha value is -2.96. The molecule has 0 bridgehead atoms. The summed E-state index contributed by atoms with van der Waals surface area (Å²) in [6, 6.07) is 17.9. The van der Waals surface area contributed by atoms with Gasteiger partial charge in [0.25, 0.3) is 5.91 Å². The third kappa shape index (κ3) is 4.70. The van der Waals surface area contributed by atoms with E-state index < -0.39 is 5.54 Å². The summed E-state index contributed by atoms with van der Waals surface area (Å²) >= 11 is 0. The van der Waals surface area contributed by atoms with Gasteiger partial charge in [0, 0.05) is 0 Å².